The number of hydrogen-bond acceptors (Lipinski definition) is 3. The number of methoxy groups -OCH3 is 1. The normalized spacial score (nSPS) is 10.0. The van der Waals surface area contributed by atoms with Gasteiger partial charge in [0.2, 0.25) is 0 Å². The summed E-state index contributed by atoms with van der Waals surface area (Å²) in [7, 11) is 1.61. The van der Waals surface area contributed by atoms with Crippen LogP contribution in [0.1, 0.15) is 10.4 Å². The van der Waals surface area contributed by atoms with Crippen molar-refractivity contribution in [2.45, 2.75) is 0 Å². The molecule has 0 spiro atoms. The standard InChI is InChI=1S/C13H10ClNO2/c1-17-12-4-2-3-9(6-12)10-5-11(13(14)16)8-15-7-10/h2-8H,1H3. The van der Waals surface area contributed by atoms with Crippen LogP contribution in [0.25, 0.3) is 11.1 Å². The maximum atomic E-state index is 11.1. The first-order valence-electron chi connectivity index (χ1n) is 5.00. The molecule has 0 fully saturated rings. The zero-order chi connectivity index (χ0) is 12.3. The quantitative estimate of drug-likeness (QED) is 0.783. The number of hydrogen-bond donors (Lipinski definition) is 0. The lowest BCUT2D eigenvalue weighted by molar-refractivity contribution is 0.108. The second-order valence-corrected chi connectivity index (χ2v) is 3.81. The zero-order valence-corrected chi connectivity index (χ0v) is 9.94. The van der Waals surface area contributed by atoms with E-state index >= 15 is 0 Å². The Hall–Kier alpha value is -1.87. The second kappa shape index (κ2) is 4.97. The van der Waals surface area contributed by atoms with Crippen LogP contribution < -0.4 is 4.74 Å². The maximum absolute atomic E-state index is 11.1. The van der Waals surface area contributed by atoms with Gasteiger partial charge < -0.3 is 4.74 Å². The fourth-order valence-corrected chi connectivity index (χ4v) is 1.61. The van der Waals surface area contributed by atoms with Crippen molar-refractivity contribution in [1.82, 2.24) is 4.98 Å². The van der Waals surface area contributed by atoms with Gasteiger partial charge in [-0.1, -0.05) is 12.1 Å². The third-order valence-corrected chi connectivity index (χ3v) is 2.59. The fourth-order valence-electron chi connectivity index (χ4n) is 1.51. The Morgan fingerprint density at radius 2 is 2.06 bits per heavy atom. The summed E-state index contributed by atoms with van der Waals surface area (Å²) in [6.45, 7) is 0. The molecular formula is C13H10ClNO2. The highest BCUT2D eigenvalue weighted by molar-refractivity contribution is 6.67. The van der Waals surface area contributed by atoms with Crippen molar-refractivity contribution in [3.05, 3.63) is 48.3 Å². The van der Waals surface area contributed by atoms with E-state index in [1.807, 2.05) is 24.3 Å². The predicted octanol–water partition coefficient (Wildman–Crippen LogP) is 3.14. The zero-order valence-electron chi connectivity index (χ0n) is 9.18. The molecule has 0 unspecified atom stereocenters. The molecule has 1 heterocycles. The van der Waals surface area contributed by atoms with Crippen LogP contribution in [0.2, 0.25) is 0 Å². The lowest BCUT2D eigenvalue weighted by Gasteiger charge is -2.05. The molecule has 0 amide bonds. The number of ether oxygens (including phenoxy) is 1. The molecule has 0 aliphatic carbocycles. The highest BCUT2D eigenvalue weighted by Crippen LogP contribution is 2.24. The van der Waals surface area contributed by atoms with Gasteiger partial charge in [-0.05, 0) is 35.4 Å². The smallest absolute Gasteiger partial charge is 0.253 e. The molecule has 0 saturated heterocycles. The summed E-state index contributed by atoms with van der Waals surface area (Å²) >= 11 is 5.42. The summed E-state index contributed by atoms with van der Waals surface area (Å²) < 4.78 is 5.14. The average Bonchev–Trinajstić information content (AvgIpc) is 2.39. The summed E-state index contributed by atoms with van der Waals surface area (Å²) in [5.41, 5.74) is 2.14. The van der Waals surface area contributed by atoms with Gasteiger partial charge in [-0.3, -0.25) is 9.78 Å². The van der Waals surface area contributed by atoms with E-state index in [9.17, 15) is 4.79 Å². The molecule has 0 saturated carbocycles. The van der Waals surface area contributed by atoms with Gasteiger partial charge in [-0.2, -0.15) is 0 Å². The maximum Gasteiger partial charge on any atom is 0.253 e. The number of carbonyl (C=O) groups excluding carboxylic acids is 1. The van der Waals surface area contributed by atoms with Crippen LogP contribution in [0, 0.1) is 0 Å². The highest BCUT2D eigenvalue weighted by Gasteiger charge is 2.05. The largest absolute Gasteiger partial charge is 0.497 e. The van der Waals surface area contributed by atoms with Crippen LogP contribution in [0.4, 0.5) is 0 Å². The molecule has 0 N–H and O–H groups in total. The Kier molecular flexibility index (Phi) is 3.40. The van der Waals surface area contributed by atoms with E-state index in [0.717, 1.165) is 16.9 Å². The Bertz CT molecular complexity index is 555. The summed E-state index contributed by atoms with van der Waals surface area (Å²) in [6, 6.07) is 9.23. The molecule has 0 aliphatic rings. The average molecular weight is 248 g/mol. The Morgan fingerprint density at radius 1 is 1.24 bits per heavy atom. The van der Waals surface area contributed by atoms with E-state index in [-0.39, 0.29) is 0 Å². The van der Waals surface area contributed by atoms with Gasteiger partial charge in [-0.25, -0.2) is 0 Å². The number of halogens is 1. The van der Waals surface area contributed by atoms with E-state index in [1.54, 1.807) is 19.4 Å². The second-order valence-electron chi connectivity index (χ2n) is 3.47. The van der Waals surface area contributed by atoms with Crippen LogP contribution in [-0.2, 0) is 0 Å². The van der Waals surface area contributed by atoms with Crippen LogP contribution in [0.3, 0.4) is 0 Å². The number of carbonyl (C=O) groups is 1. The molecule has 1 aromatic carbocycles. The minimum Gasteiger partial charge on any atom is -0.497 e. The number of nitrogens with zero attached hydrogens (tertiary/aromatic N) is 1. The summed E-state index contributed by atoms with van der Waals surface area (Å²) in [5.74, 6) is 0.755. The Labute approximate surface area is 104 Å². The van der Waals surface area contributed by atoms with Crippen LogP contribution >= 0.6 is 11.6 Å². The fraction of sp³-hybridized carbons (Fsp3) is 0.0769. The van der Waals surface area contributed by atoms with Gasteiger partial charge in [0.1, 0.15) is 5.75 Å². The molecule has 17 heavy (non-hydrogen) atoms. The third-order valence-electron chi connectivity index (χ3n) is 2.37. The minimum atomic E-state index is -0.512. The molecule has 86 valence electrons. The van der Waals surface area contributed by atoms with Crippen molar-refractivity contribution in [3.8, 4) is 16.9 Å². The highest BCUT2D eigenvalue weighted by atomic mass is 35.5. The number of benzene rings is 1. The van der Waals surface area contributed by atoms with Crippen molar-refractivity contribution in [1.29, 1.82) is 0 Å². The van der Waals surface area contributed by atoms with Gasteiger partial charge >= 0.3 is 0 Å². The summed E-state index contributed by atoms with van der Waals surface area (Å²) in [4.78, 5) is 15.0. The van der Waals surface area contributed by atoms with Gasteiger partial charge in [0.15, 0.2) is 0 Å². The number of rotatable bonds is 3. The van der Waals surface area contributed by atoms with Crippen LogP contribution in [0.5, 0.6) is 5.75 Å². The first-order chi connectivity index (χ1) is 8.20. The molecule has 0 radical (unpaired) electrons. The summed E-state index contributed by atoms with van der Waals surface area (Å²) in [6.07, 6.45) is 3.12. The Morgan fingerprint density at radius 3 is 2.76 bits per heavy atom. The lowest BCUT2D eigenvalue weighted by atomic mass is 10.1. The third kappa shape index (κ3) is 2.63. The number of pyridine rings is 1. The first kappa shape index (κ1) is 11.6. The van der Waals surface area contributed by atoms with E-state index < -0.39 is 5.24 Å². The molecule has 2 rings (SSSR count). The van der Waals surface area contributed by atoms with E-state index in [0.29, 0.717) is 5.56 Å². The topological polar surface area (TPSA) is 39.2 Å². The van der Waals surface area contributed by atoms with Gasteiger partial charge in [-0.15, -0.1) is 0 Å². The Balaban J connectivity index is 2.45. The summed E-state index contributed by atoms with van der Waals surface area (Å²) in [5, 5.41) is -0.512. The van der Waals surface area contributed by atoms with E-state index in [2.05, 4.69) is 4.98 Å². The lowest BCUT2D eigenvalue weighted by Crippen LogP contribution is -1.91. The molecule has 1 aromatic heterocycles. The molecule has 3 nitrogen and oxygen atoms in total. The van der Waals surface area contributed by atoms with E-state index in [4.69, 9.17) is 16.3 Å². The monoisotopic (exact) mass is 247 g/mol. The van der Waals surface area contributed by atoms with Crippen molar-refractivity contribution in [3.63, 3.8) is 0 Å². The molecule has 4 heteroatoms. The number of aromatic nitrogens is 1. The van der Waals surface area contributed by atoms with Crippen molar-refractivity contribution < 1.29 is 9.53 Å². The van der Waals surface area contributed by atoms with Crippen molar-refractivity contribution >= 4 is 16.8 Å². The minimum absolute atomic E-state index is 0.381. The van der Waals surface area contributed by atoms with Crippen LogP contribution in [-0.4, -0.2) is 17.3 Å². The van der Waals surface area contributed by atoms with Gasteiger partial charge in [0, 0.05) is 18.0 Å². The predicted molar refractivity (Wildman–Crippen MR) is 66.4 cm³/mol. The SMILES string of the molecule is COc1cccc(-c2cncc(C(=O)Cl)c2)c1. The first-order valence-corrected chi connectivity index (χ1v) is 5.38. The molecule has 0 bridgehead atoms. The van der Waals surface area contributed by atoms with Crippen LogP contribution in [0.15, 0.2) is 42.7 Å². The van der Waals surface area contributed by atoms with Gasteiger partial charge in [0.05, 0.1) is 12.7 Å². The molecule has 0 aliphatic heterocycles. The molecule has 2 aromatic rings. The van der Waals surface area contributed by atoms with Crippen molar-refractivity contribution in [2.24, 2.45) is 0 Å². The van der Waals surface area contributed by atoms with E-state index in [1.165, 1.54) is 6.20 Å². The molecular weight excluding hydrogens is 238 g/mol. The van der Waals surface area contributed by atoms with Gasteiger partial charge in [0.25, 0.3) is 5.24 Å². The van der Waals surface area contributed by atoms with Crippen molar-refractivity contribution in [2.75, 3.05) is 7.11 Å². The molecule has 0 atom stereocenters.